The molecule has 2 atom stereocenters. The molecule has 1 fully saturated rings. The first-order valence-corrected chi connectivity index (χ1v) is 5.34. The molecule has 1 heterocycles. The maximum atomic E-state index is 11.0. The molecule has 12 heavy (non-hydrogen) atoms. The number of carbonyl (C=O) groups excluding carboxylic acids is 1. The van der Waals surface area contributed by atoms with Crippen LogP contribution in [0.4, 0.5) is 0 Å². The van der Waals surface area contributed by atoms with E-state index in [4.69, 9.17) is 0 Å². The van der Waals surface area contributed by atoms with E-state index >= 15 is 0 Å². The highest BCUT2D eigenvalue weighted by atomic mass is 32.2. The molecule has 1 N–H and O–H groups in total. The summed E-state index contributed by atoms with van der Waals surface area (Å²) in [6, 6.07) is -0.576. The zero-order valence-electron chi connectivity index (χ0n) is 6.67. The fraction of sp³-hybridized carbons (Fsp3) is 0.833. The van der Waals surface area contributed by atoms with Crippen molar-refractivity contribution in [2.45, 2.75) is 12.1 Å². The van der Waals surface area contributed by atoms with E-state index in [1.807, 2.05) is 0 Å². The van der Waals surface area contributed by atoms with Crippen LogP contribution in [0.25, 0.3) is 0 Å². The molecule has 0 aromatic rings. The van der Waals surface area contributed by atoms with E-state index in [9.17, 15) is 18.3 Å². The summed E-state index contributed by atoms with van der Waals surface area (Å²) in [5.41, 5.74) is 0. The molecule has 0 unspecified atom stereocenters. The zero-order chi connectivity index (χ0) is 9.35. The van der Waals surface area contributed by atoms with Crippen molar-refractivity contribution in [2.24, 2.45) is 0 Å². The Kier molecular flexibility index (Phi) is 2.39. The molecular formula is C6H11NO4S. The van der Waals surface area contributed by atoms with Gasteiger partial charge in [-0.25, -0.2) is 8.42 Å². The van der Waals surface area contributed by atoms with Gasteiger partial charge in [-0.05, 0) is 0 Å². The Morgan fingerprint density at radius 2 is 2.08 bits per heavy atom. The van der Waals surface area contributed by atoms with E-state index in [2.05, 4.69) is 0 Å². The molecular weight excluding hydrogens is 182 g/mol. The molecule has 5 nitrogen and oxygen atoms in total. The number of amides is 1. The summed E-state index contributed by atoms with van der Waals surface area (Å²) in [5, 5.41) is 9.25. The zero-order valence-corrected chi connectivity index (χ0v) is 7.49. The maximum absolute atomic E-state index is 11.0. The third-order valence-electron chi connectivity index (χ3n) is 1.98. The molecule has 0 aromatic heterocycles. The van der Waals surface area contributed by atoms with Crippen LogP contribution in [0.15, 0.2) is 0 Å². The van der Waals surface area contributed by atoms with Crippen molar-refractivity contribution in [1.29, 1.82) is 0 Å². The lowest BCUT2D eigenvalue weighted by Crippen LogP contribution is -2.39. The number of rotatable bonds is 2. The molecule has 1 aliphatic rings. The Hall–Kier alpha value is -0.620. The van der Waals surface area contributed by atoms with Crippen molar-refractivity contribution in [3.05, 3.63) is 0 Å². The van der Waals surface area contributed by atoms with Gasteiger partial charge in [0, 0.05) is 7.05 Å². The molecule has 1 amide bonds. The molecule has 70 valence electrons. The van der Waals surface area contributed by atoms with E-state index in [1.165, 1.54) is 11.9 Å². The predicted octanol–water partition coefficient (Wildman–Crippen LogP) is -1.77. The summed E-state index contributed by atoms with van der Waals surface area (Å²) in [5.74, 6) is -0.376. The quantitative estimate of drug-likeness (QED) is 0.527. The normalized spacial score (nSPS) is 33.2. The lowest BCUT2D eigenvalue weighted by atomic mass is 10.2. The van der Waals surface area contributed by atoms with Crippen molar-refractivity contribution in [1.82, 2.24) is 4.90 Å². The van der Waals surface area contributed by atoms with E-state index in [1.54, 1.807) is 0 Å². The molecule has 6 heteroatoms. The van der Waals surface area contributed by atoms with Gasteiger partial charge in [-0.15, -0.1) is 0 Å². The van der Waals surface area contributed by atoms with E-state index in [0.29, 0.717) is 6.41 Å². The average molecular weight is 193 g/mol. The van der Waals surface area contributed by atoms with Crippen molar-refractivity contribution in [2.75, 3.05) is 18.6 Å². The second-order valence-corrected chi connectivity index (χ2v) is 5.14. The van der Waals surface area contributed by atoms with E-state index in [0.717, 1.165) is 0 Å². The van der Waals surface area contributed by atoms with Gasteiger partial charge in [-0.1, -0.05) is 0 Å². The highest BCUT2D eigenvalue weighted by Crippen LogP contribution is 2.15. The van der Waals surface area contributed by atoms with Gasteiger partial charge in [-0.3, -0.25) is 4.79 Å². The number of aliphatic hydroxyl groups excluding tert-OH is 1. The summed E-state index contributed by atoms with van der Waals surface area (Å²) in [4.78, 5) is 11.5. The number of carbonyl (C=O) groups is 1. The molecule has 0 spiro atoms. The van der Waals surface area contributed by atoms with Crippen LogP contribution in [0, 0.1) is 0 Å². The fourth-order valence-corrected chi connectivity index (χ4v) is 3.13. The van der Waals surface area contributed by atoms with E-state index < -0.39 is 22.0 Å². The summed E-state index contributed by atoms with van der Waals surface area (Å²) in [7, 11) is -1.69. The average Bonchev–Trinajstić information content (AvgIpc) is 2.23. The number of nitrogens with zero attached hydrogens (tertiary/aromatic N) is 1. The number of likely N-dealkylation sites (N-methyl/N-ethyl adjacent to an activating group) is 1. The molecule has 0 aliphatic carbocycles. The summed E-state index contributed by atoms with van der Waals surface area (Å²) < 4.78 is 21.9. The molecule has 1 rings (SSSR count). The maximum Gasteiger partial charge on any atom is 0.209 e. The molecule has 0 bridgehead atoms. The van der Waals surface area contributed by atoms with Gasteiger partial charge in [0.05, 0.1) is 23.7 Å². The summed E-state index contributed by atoms with van der Waals surface area (Å²) in [6.07, 6.45) is -0.417. The second-order valence-electron chi connectivity index (χ2n) is 2.98. The Morgan fingerprint density at radius 1 is 1.50 bits per heavy atom. The van der Waals surface area contributed by atoms with Crippen molar-refractivity contribution < 1.29 is 18.3 Å². The number of hydrogen-bond acceptors (Lipinski definition) is 4. The molecule has 0 aromatic carbocycles. The molecule has 1 saturated heterocycles. The van der Waals surface area contributed by atoms with Crippen molar-refractivity contribution in [3.63, 3.8) is 0 Å². The van der Waals surface area contributed by atoms with Crippen LogP contribution in [-0.2, 0) is 14.6 Å². The first-order valence-electron chi connectivity index (χ1n) is 3.52. The van der Waals surface area contributed by atoms with Gasteiger partial charge in [0.15, 0.2) is 9.84 Å². The van der Waals surface area contributed by atoms with Crippen molar-refractivity contribution >= 4 is 16.2 Å². The minimum absolute atomic E-state index is 0.136. The number of aliphatic hydroxyl groups is 1. The standard InChI is InChI=1S/C6H11NO4S/c1-7(4-8)5-2-12(10,11)3-6(5)9/h4-6,9H,2-3H2,1H3/t5-,6-/m1/s1. The topological polar surface area (TPSA) is 74.7 Å². The monoisotopic (exact) mass is 193 g/mol. The Balaban J connectivity index is 2.77. The van der Waals surface area contributed by atoms with Crippen molar-refractivity contribution in [3.8, 4) is 0 Å². The Labute approximate surface area is 70.9 Å². The number of sulfone groups is 1. The first kappa shape index (κ1) is 9.47. The minimum atomic E-state index is -3.15. The molecule has 1 aliphatic heterocycles. The van der Waals surface area contributed by atoms with Crippen LogP contribution in [0.1, 0.15) is 0 Å². The van der Waals surface area contributed by atoms with Gasteiger partial charge in [0.1, 0.15) is 0 Å². The second kappa shape index (κ2) is 3.02. The highest BCUT2D eigenvalue weighted by Gasteiger charge is 2.38. The van der Waals surface area contributed by atoms with Crippen LogP contribution in [0.5, 0.6) is 0 Å². The van der Waals surface area contributed by atoms with Crippen LogP contribution in [-0.4, -0.2) is 55.5 Å². The summed E-state index contributed by atoms with van der Waals surface area (Å²) >= 11 is 0. The third-order valence-corrected chi connectivity index (χ3v) is 3.68. The van der Waals surface area contributed by atoms with Crippen LogP contribution in [0.3, 0.4) is 0 Å². The number of hydrogen-bond donors (Lipinski definition) is 1. The van der Waals surface area contributed by atoms with Gasteiger partial charge in [-0.2, -0.15) is 0 Å². The largest absolute Gasteiger partial charge is 0.390 e. The lowest BCUT2D eigenvalue weighted by Gasteiger charge is -2.20. The van der Waals surface area contributed by atoms with Crippen LogP contribution < -0.4 is 0 Å². The lowest BCUT2D eigenvalue weighted by molar-refractivity contribution is -0.119. The van der Waals surface area contributed by atoms with Gasteiger partial charge < -0.3 is 10.0 Å². The van der Waals surface area contributed by atoms with Crippen LogP contribution in [0.2, 0.25) is 0 Å². The summed E-state index contributed by atoms with van der Waals surface area (Å²) in [6.45, 7) is 0. The Morgan fingerprint density at radius 3 is 2.42 bits per heavy atom. The Bertz CT molecular complexity index is 273. The van der Waals surface area contributed by atoms with E-state index in [-0.39, 0.29) is 11.5 Å². The van der Waals surface area contributed by atoms with Gasteiger partial charge >= 0.3 is 0 Å². The highest BCUT2D eigenvalue weighted by molar-refractivity contribution is 7.91. The van der Waals surface area contributed by atoms with Gasteiger partial charge in [0.25, 0.3) is 0 Å². The van der Waals surface area contributed by atoms with Crippen LogP contribution >= 0.6 is 0 Å². The minimum Gasteiger partial charge on any atom is -0.390 e. The predicted molar refractivity (Wildman–Crippen MR) is 42.3 cm³/mol. The molecule has 0 radical (unpaired) electrons. The smallest absolute Gasteiger partial charge is 0.209 e. The third kappa shape index (κ3) is 1.75. The van der Waals surface area contributed by atoms with Gasteiger partial charge in [0.2, 0.25) is 6.41 Å². The SMILES string of the molecule is CN(C=O)[C@@H]1CS(=O)(=O)C[C@H]1O. The first-order chi connectivity index (χ1) is 5.46. The fourth-order valence-electron chi connectivity index (χ4n) is 1.28. The molecule has 0 saturated carbocycles.